The van der Waals surface area contributed by atoms with E-state index in [0.717, 1.165) is 0 Å². The van der Waals surface area contributed by atoms with Crippen molar-refractivity contribution in [1.29, 1.82) is 0 Å². The van der Waals surface area contributed by atoms with Crippen LogP contribution in [-0.2, 0) is 6.18 Å². The zero-order chi connectivity index (χ0) is 11.6. The largest absolute Gasteiger partial charge is 0.465 e. The molecule has 0 saturated carbocycles. The number of pyridine rings is 1. The Morgan fingerprint density at radius 1 is 1.53 bits per heavy atom. The molecule has 0 radical (unpaired) electrons. The summed E-state index contributed by atoms with van der Waals surface area (Å²) in [5, 5.41) is 10.0. The lowest BCUT2D eigenvalue weighted by molar-refractivity contribution is -0.137. The molecular weight excluding hydrogens is 215 g/mol. The summed E-state index contributed by atoms with van der Waals surface area (Å²) in [6, 6.07) is 0.580. The first kappa shape index (κ1) is 11.1. The zero-order valence-corrected chi connectivity index (χ0v) is 7.17. The highest BCUT2D eigenvalue weighted by molar-refractivity contribution is 5.86. The molecule has 15 heavy (non-hydrogen) atoms. The Morgan fingerprint density at radius 2 is 2.13 bits per heavy atom. The van der Waals surface area contributed by atoms with Crippen LogP contribution in [0.5, 0.6) is 0 Å². The highest BCUT2D eigenvalue weighted by Crippen LogP contribution is 2.31. The van der Waals surface area contributed by atoms with Crippen LogP contribution in [0, 0.1) is 0 Å². The molecule has 0 aliphatic rings. The van der Waals surface area contributed by atoms with Crippen molar-refractivity contribution in [2.75, 3.05) is 11.1 Å². The molecule has 0 fully saturated rings. The number of aromatic nitrogens is 1. The van der Waals surface area contributed by atoms with Crippen LogP contribution in [0.3, 0.4) is 0 Å². The molecule has 0 saturated heterocycles. The summed E-state index contributed by atoms with van der Waals surface area (Å²) in [6.07, 6.45) is -5.57. The van der Waals surface area contributed by atoms with Crippen LogP contribution >= 0.6 is 0 Å². The number of carbonyl (C=O) groups is 1. The molecule has 82 valence electrons. The molecule has 1 heterocycles. The summed E-state index contributed by atoms with van der Waals surface area (Å²) in [6.45, 7) is 0. The second-order valence-corrected chi connectivity index (χ2v) is 2.58. The summed E-state index contributed by atoms with van der Waals surface area (Å²) in [5.74, 6) is -0.314. The molecule has 1 aromatic rings. The van der Waals surface area contributed by atoms with E-state index in [0.29, 0.717) is 12.3 Å². The fourth-order valence-electron chi connectivity index (χ4n) is 0.846. The fourth-order valence-corrected chi connectivity index (χ4v) is 0.846. The third-order valence-corrected chi connectivity index (χ3v) is 1.49. The number of alkyl halides is 3. The van der Waals surface area contributed by atoms with Crippen molar-refractivity contribution < 1.29 is 23.1 Å². The summed E-state index contributed by atoms with van der Waals surface area (Å²) in [4.78, 5) is 13.4. The van der Waals surface area contributed by atoms with Crippen LogP contribution in [-0.4, -0.2) is 16.2 Å². The van der Waals surface area contributed by atoms with Crippen LogP contribution in [0.1, 0.15) is 5.56 Å². The first-order valence-corrected chi connectivity index (χ1v) is 3.63. The van der Waals surface area contributed by atoms with Gasteiger partial charge in [0.25, 0.3) is 0 Å². The molecule has 8 heteroatoms. The van der Waals surface area contributed by atoms with E-state index in [1.54, 1.807) is 5.32 Å². The van der Waals surface area contributed by atoms with E-state index in [1.165, 1.54) is 0 Å². The molecule has 1 rings (SSSR count). The third kappa shape index (κ3) is 2.73. The predicted molar refractivity (Wildman–Crippen MR) is 45.3 cm³/mol. The monoisotopic (exact) mass is 221 g/mol. The van der Waals surface area contributed by atoms with Crippen molar-refractivity contribution in [3.05, 3.63) is 17.8 Å². The highest BCUT2D eigenvalue weighted by atomic mass is 19.4. The van der Waals surface area contributed by atoms with Crippen LogP contribution in [0.25, 0.3) is 0 Å². The van der Waals surface area contributed by atoms with E-state index in [1.807, 2.05) is 0 Å². The van der Waals surface area contributed by atoms with Crippen LogP contribution in [0.15, 0.2) is 12.3 Å². The highest BCUT2D eigenvalue weighted by Gasteiger charge is 2.31. The number of nitrogen functional groups attached to an aromatic ring is 1. The maximum Gasteiger partial charge on any atom is 0.417 e. The number of hydrogen-bond acceptors (Lipinski definition) is 3. The van der Waals surface area contributed by atoms with Gasteiger partial charge in [0.1, 0.15) is 5.82 Å². The molecule has 4 N–H and O–H groups in total. The molecule has 0 aliphatic heterocycles. The first-order chi connectivity index (χ1) is 6.80. The van der Waals surface area contributed by atoms with Crippen LogP contribution in [0.4, 0.5) is 29.5 Å². The van der Waals surface area contributed by atoms with Gasteiger partial charge in [-0.25, -0.2) is 9.78 Å². The lowest BCUT2D eigenvalue weighted by atomic mass is 10.2. The summed E-state index contributed by atoms with van der Waals surface area (Å²) in [5.41, 5.74) is 3.72. The van der Waals surface area contributed by atoms with Crippen molar-refractivity contribution >= 4 is 17.6 Å². The predicted octanol–water partition coefficient (Wildman–Crippen LogP) is 1.77. The summed E-state index contributed by atoms with van der Waals surface area (Å²) in [7, 11) is 0. The second kappa shape index (κ2) is 3.64. The fraction of sp³-hybridized carbons (Fsp3) is 0.143. The van der Waals surface area contributed by atoms with E-state index < -0.39 is 23.5 Å². The van der Waals surface area contributed by atoms with E-state index in [4.69, 9.17) is 10.8 Å². The maximum atomic E-state index is 12.2. The average molecular weight is 221 g/mol. The molecule has 0 spiro atoms. The number of nitrogens with two attached hydrogens (primary N) is 1. The van der Waals surface area contributed by atoms with Crippen molar-refractivity contribution in [3.63, 3.8) is 0 Å². The molecule has 0 aliphatic carbocycles. The van der Waals surface area contributed by atoms with Crippen LogP contribution < -0.4 is 11.1 Å². The van der Waals surface area contributed by atoms with E-state index >= 15 is 0 Å². The smallest absolute Gasteiger partial charge is 0.417 e. The van der Waals surface area contributed by atoms with Gasteiger partial charge in [0.15, 0.2) is 0 Å². The molecule has 0 unspecified atom stereocenters. The number of amides is 1. The van der Waals surface area contributed by atoms with Gasteiger partial charge >= 0.3 is 12.3 Å². The van der Waals surface area contributed by atoms with Gasteiger partial charge in [-0.1, -0.05) is 0 Å². The molecule has 1 aromatic heterocycles. The first-order valence-electron chi connectivity index (χ1n) is 3.63. The Labute approximate surface area is 81.7 Å². The lowest BCUT2D eigenvalue weighted by Crippen LogP contribution is -2.13. The zero-order valence-electron chi connectivity index (χ0n) is 7.17. The van der Waals surface area contributed by atoms with Gasteiger partial charge in [-0.05, 0) is 6.07 Å². The molecular formula is C7H6F3N3O2. The minimum atomic E-state index is -4.59. The van der Waals surface area contributed by atoms with Crippen molar-refractivity contribution in [2.24, 2.45) is 0 Å². The Bertz CT molecular complexity index is 392. The van der Waals surface area contributed by atoms with E-state index in [-0.39, 0.29) is 5.82 Å². The average Bonchev–Trinajstić information content (AvgIpc) is 2.06. The second-order valence-electron chi connectivity index (χ2n) is 2.58. The lowest BCUT2D eigenvalue weighted by Gasteiger charge is -2.09. The van der Waals surface area contributed by atoms with E-state index in [2.05, 4.69) is 4.98 Å². The van der Waals surface area contributed by atoms with Gasteiger partial charge in [0, 0.05) is 6.20 Å². The number of rotatable bonds is 1. The van der Waals surface area contributed by atoms with Crippen molar-refractivity contribution in [1.82, 2.24) is 4.98 Å². The van der Waals surface area contributed by atoms with Gasteiger partial charge in [-0.15, -0.1) is 0 Å². The van der Waals surface area contributed by atoms with Crippen molar-refractivity contribution in [3.8, 4) is 0 Å². The Kier molecular flexibility index (Phi) is 2.69. The molecule has 5 nitrogen and oxygen atoms in total. The van der Waals surface area contributed by atoms with Gasteiger partial charge in [0.05, 0.1) is 11.3 Å². The SMILES string of the molecule is Nc1ncc(C(F)(F)F)cc1NC(=O)O. The van der Waals surface area contributed by atoms with Gasteiger partial charge in [-0.3, -0.25) is 5.32 Å². The third-order valence-electron chi connectivity index (χ3n) is 1.49. The quantitative estimate of drug-likeness (QED) is 0.674. The molecule has 1 amide bonds. The van der Waals surface area contributed by atoms with Crippen molar-refractivity contribution in [2.45, 2.75) is 6.18 Å². The number of nitrogens with zero attached hydrogens (tertiary/aromatic N) is 1. The molecule has 0 atom stereocenters. The number of halogens is 3. The summed E-state index contributed by atoms with van der Waals surface area (Å²) < 4.78 is 36.5. The number of hydrogen-bond donors (Lipinski definition) is 3. The minimum absolute atomic E-state index is 0.314. The summed E-state index contributed by atoms with van der Waals surface area (Å²) >= 11 is 0. The van der Waals surface area contributed by atoms with Gasteiger partial charge in [-0.2, -0.15) is 13.2 Å². The topological polar surface area (TPSA) is 88.2 Å². The standard InChI is InChI=1S/C7H6F3N3O2/c8-7(9,10)3-1-4(13-6(14)15)5(11)12-2-3/h1-2,13H,(H2,11,12)(H,14,15). The molecule has 0 aromatic carbocycles. The normalized spacial score (nSPS) is 11.1. The maximum absolute atomic E-state index is 12.2. The Balaban J connectivity index is 3.11. The number of nitrogens with one attached hydrogen (secondary N) is 1. The van der Waals surface area contributed by atoms with Crippen LogP contribution in [0.2, 0.25) is 0 Å². The number of anilines is 2. The molecule has 0 bridgehead atoms. The number of carboxylic acid groups (broad SMARTS) is 1. The van der Waals surface area contributed by atoms with Gasteiger partial charge in [0.2, 0.25) is 0 Å². The Hall–Kier alpha value is -1.99. The Morgan fingerprint density at radius 3 is 2.60 bits per heavy atom. The van der Waals surface area contributed by atoms with Gasteiger partial charge < -0.3 is 10.8 Å². The minimum Gasteiger partial charge on any atom is -0.465 e. The van der Waals surface area contributed by atoms with E-state index in [9.17, 15) is 18.0 Å².